The lowest BCUT2D eigenvalue weighted by Gasteiger charge is -2.36. The lowest BCUT2D eigenvalue weighted by molar-refractivity contribution is -0.129. The highest BCUT2D eigenvalue weighted by Crippen LogP contribution is 2.47. The summed E-state index contributed by atoms with van der Waals surface area (Å²) in [6.45, 7) is 0.469. The van der Waals surface area contributed by atoms with Gasteiger partial charge in [0.1, 0.15) is 6.29 Å². The minimum atomic E-state index is -0.931. The molecule has 26 heavy (non-hydrogen) atoms. The van der Waals surface area contributed by atoms with E-state index in [0.29, 0.717) is 34.3 Å². The lowest BCUT2D eigenvalue weighted by atomic mass is 9.65. The molecule has 0 saturated carbocycles. The minimum absolute atomic E-state index is 0.00812. The Kier molecular flexibility index (Phi) is 5.26. The van der Waals surface area contributed by atoms with Crippen molar-refractivity contribution in [2.24, 2.45) is 0 Å². The van der Waals surface area contributed by atoms with Crippen LogP contribution in [0, 0.1) is 0 Å². The van der Waals surface area contributed by atoms with E-state index in [9.17, 15) is 9.59 Å². The van der Waals surface area contributed by atoms with Crippen LogP contribution in [-0.2, 0) is 15.0 Å². The number of nitrogen functional groups attached to an aromatic ring is 1. The van der Waals surface area contributed by atoms with E-state index < -0.39 is 5.41 Å². The summed E-state index contributed by atoms with van der Waals surface area (Å²) in [5.41, 5.74) is 7.31. The van der Waals surface area contributed by atoms with E-state index in [1.807, 2.05) is 18.2 Å². The second-order valence-electron chi connectivity index (χ2n) is 6.77. The quantitative estimate of drug-likeness (QED) is 0.634. The number of likely N-dealkylation sites (tertiary alicyclic amines) is 1. The molecule has 2 N–H and O–H groups in total. The van der Waals surface area contributed by atoms with Gasteiger partial charge in [-0.25, -0.2) is 0 Å². The summed E-state index contributed by atoms with van der Waals surface area (Å²) in [5.74, 6) is -0.370. The summed E-state index contributed by atoms with van der Waals surface area (Å²) in [7, 11) is 1.75. The molecule has 1 aliphatic heterocycles. The van der Waals surface area contributed by atoms with Gasteiger partial charge >= 0.3 is 0 Å². The van der Waals surface area contributed by atoms with Crippen LogP contribution in [0.15, 0.2) is 42.5 Å². The Hall–Kier alpha value is -2.04. The van der Waals surface area contributed by atoms with Crippen molar-refractivity contribution in [3.63, 3.8) is 0 Å². The third kappa shape index (κ3) is 3.31. The van der Waals surface area contributed by atoms with Crippen molar-refractivity contribution in [1.29, 1.82) is 0 Å². The number of benzene rings is 2. The summed E-state index contributed by atoms with van der Waals surface area (Å²) in [6, 6.07) is 12.5. The number of carbonyl (C=O) groups excluding carboxylic acids is 2. The highest BCUT2D eigenvalue weighted by atomic mass is 35.5. The standard InChI is InChI=1S/C20H20Cl2N2O2/c1-24-8-7-20(12-25,16-6-5-15(22)10-18(16)23)17(11-19(24)26)13-3-2-4-14(21)9-13/h2-6,9-10,12,17H,7-8,11,23H2,1H3/t17-,20-/m0/s1. The molecule has 1 aliphatic rings. The van der Waals surface area contributed by atoms with E-state index in [4.69, 9.17) is 28.9 Å². The van der Waals surface area contributed by atoms with Crippen LogP contribution in [0.1, 0.15) is 29.9 Å². The topological polar surface area (TPSA) is 63.4 Å². The normalized spacial score (nSPS) is 23.6. The molecular formula is C20H20Cl2N2O2. The van der Waals surface area contributed by atoms with E-state index in [1.165, 1.54) is 0 Å². The summed E-state index contributed by atoms with van der Waals surface area (Å²) in [4.78, 5) is 26.7. The molecule has 2 atom stereocenters. The molecule has 0 bridgehead atoms. The first-order valence-electron chi connectivity index (χ1n) is 8.38. The van der Waals surface area contributed by atoms with Gasteiger partial charge in [-0.05, 0) is 41.8 Å². The molecule has 1 saturated heterocycles. The summed E-state index contributed by atoms with van der Waals surface area (Å²) >= 11 is 12.2. The molecule has 4 nitrogen and oxygen atoms in total. The molecule has 0 spiro atoms. The number of nitrogens with two attached hydrogens (primary N) is 1. The smallest absolute Gasteiger partial charge is 0.222 e. The number of hydrogen-bond acceptors (Lipinski definition) is 3. The first-order valence-corrected chi connectivity index (χ1v) is 9.14. The number of aldehydes is 1. The van der Waals surface area contributed by atoms with E-state index in [2.05, 4.69) is 0 Å². The first kappa shape index (κ1) is 18.7. The van der Waals surface area contributed by atoms with Gasteiger partial charge in [-0.15, -0.1) is 0 Å². The second-order valence-corrected chi connectivity index (χ2v) is 7.64. The van der Waals surface area contributed by atoms with Crippen molar-refractivity contribution in [1.82, 2.24) is 4.90 Å². The van der Waals surface area contributed by atoms with E-state index in [1.54, 1.807) is 36.2 Å². The Bertz CT molecular complexity index is 855. The molecule has 0 aliphatic carbocycles. The average molecular weight is 391 g/mol. The molecule has 2 aromatic carbocycles. The monoisotopic (exact) mass is 390 g/mol. The van der Waals surface area contributed by atoms with Gasteiger partial charge in [0, 0.05) is 41.7 Å². The predicted molar refractivity (Wildman–Crippen MR) is 105 cm³/mol. The van der Waals surface area contributed by atoms with Gasteiger partial charge in [-0.2, -0.15) is 0 Å². The SMILES string of the molecule is CN1CC[C@](C=O)(c2ccc(Cl)cc2N)[C@H](c2cccc(Cl)c2)CC1=O. The molecule has 1 heterocycles. The van der Waals surface area contributed by atoms with Gasteiger partial charge in [0.15, 0.2) is 0 Å². The van der Waals surface area contributed by atoms with Gasteiger partial charge in [-0.1, -0.05) is 41.4 Å². The van der Waals surface area contributed by atoms with Crippen LogP contribution in [0.3, 0.4) is 0 Å². The third-order valence-corrected chi connectivity index (χ3v) is 5.73. The molecule has 1 fully saturated rings. The summed E-state index contributed by atoms with van der Waals surface area (Å²) in [6.07, 6.45) is 1.62. The lowest BCUT2D eigenvalue weighted by Crippen LogP contribution is -2.37. The number of amides is 1. The third-order valence-electron chi connectivity index (χ3n) is 5.26. The highest BCUT2D eigenvalue weighted by molar-refractivity contribution is 6.31. The number of anilines is 1. The summed E-state index contributed by atoms with van der Waals surface area (Å²) < 4.78 is 0. The molecule has 136 valence electrons. The van der Waals surface area contributed by atoms with Crippen molar-refractivity contribution in [2.75, 3.05) is 19.3 Å². The fourth-order valence-electron chi connectivity index (χ4n) is 3.79. The Morgan fingerprint density at radius 1 is 1.19 bits per heavy atom. The van der Waals surface area contributed by atoms with Crippen LogP contribution in [0.4, 0.5) is 5.69 Å². The molecular weight excluding hydrogens is 371 g/mol. The Morgan fingerprint density at radius 2 is 1.92 bits per heavy atom. The molecule has 0 aromatic heterocycles. The van der Waals surface area contributed by atoms with Crippen molar-refractivity contribution >= 4 is 41.1 Å². The predicted octanol–water partition coefficient (Wildman–Crippen LogP) is 4.05. The Morgan fingerprint density at radius 3 is 2.58 bits per heavy atom. The molecule has 0 radical (unpaired) electrons. The van der Waals surface area contributed by atoms with Crippen molar-refractivity contribution in [2.45, 2.75) is 24.2 Å². The zero-order valence-corrected chi connectivity index (χ0v) is 15.9. The maximum atomic E-state index is 12.6. The van der Waals surface area contributed by atoms with Crippen molar-refractivity contribution < 1.29 is 9.59 Å². The number of hydrogen-bond donors (Lipinski definition) is 1. The maximum absolute atomic E-state index is 12.6. The van der Waals surface area contributed by atoms with E-state index in [0.717, 1.165) is 11.8 Å². The van der Waals surface area contributed by atoms with Gasteiger partial charge in [0.05, 0.1) is 5.41 Å². The molecule has 1 amide bonds. The van der Waals surface area contributed by atoms with Crippen LogP contribution in [0.2, 0.25) is 10.0 Å². The number of rotatable bonds is 3. The average Bonchev–Trinajstić information content (AvgIpc) is 2.73. The zero-order chi connectivity index (χ0) is 18.9. The number of halogens is 2. The highest BCUT2D eigenvalue weighted by Gasteiger charge is 2.46. The van der Waals surface area contributed by atoms with Gasteiger partial charge < -0.3 is 15.4 Å². The number of carbonyl (C=O) groups is 2. The second kappa shape index (κ2) is 7.29. The van der Waals surface area contributed by atoms with Crippen LogP contribution >= 0.6 is 23.2 Å². The van der Waals surface area contributed by atoms with Crippen molar-refractivity contribution in [3.8, 4) is 0 Å². The van der Waals surface area contributed by atoms with Crippen LogP contribution in [0.5, 0.6) is 0 Å². The fraction of sp³-hybridized carbons (Fsp3) is 0.300. The zero-order valence-electron chi connectivity index (χ0n) is 14.4. The van der Waals surface area contributed by atoms with Crippen molar-refractivity contribution in [3.05, 3.63) is 63.6 Å². The first-order chi connectivity index (χ1) is 12.4. The maximum Gasteiger partial charge on any atom is 0.222 e. The van der Waals surface area contributed by atoms with Gasteiger partial charge in [0.25, 0.3) is 0 Å². The van der Waals surface area contributed by atoms with Crippen LogP contribution < -0.4 is 5.73 Å². The molecule has 2 aromatic rings. The molecule has 6 heteroatoms. The fourth-order valence-corrected chi connectivity index (χ4v) is 4.17. The molecule has 3 rings (SSSR count). The van der Waals surface area contributed by atoms with Gasteiger partial charge in [-0.3, -0.25) is 4.79 Å². The van der Waals surface area contributed by atoms with Gasteiger partial charge in [0.2, 0.25) is 5.91 Å². The Labute approximate surface area is 162 Å². The largest absolute Gasteiger partial charge is 0.398 e. The summed E-state index contributed by atoms with van der Waals surface area (Å²) in [5, 5.41) is 1.07. The van der Waals surface area contributed by atoms with E-state index in [-0.39, 0.29) is 18.2 Å². The number of nitrogens with zero attached hydrogens (tertiary/aromatic N) is 1. The van der Waals surface area contributed by atoms with Crippen LogP contribution in [0.25, 0.3) is 0 Å². The minimum Gasteiger partial charge on any atom is -0.398 e. The van der Waals surface area contributed by atoms with E-state index >= 15 is 0 Å². The Balaban J connectivity index is 2.23. The molecule has 0 unspecified atom stereocenters. The van der Waals surface area contributed by atoms with Crippen LogP contribution in [-0.4, -0.2) is 30.7 Å².